The minimum atomic E-state index is -0.412. The lowest BCUT2D eigenvalue weighted by atomic mass is 9.83. The molecule has 134 valence electrons. The third-order valence-corrected chi connectivity index (χ3v) is 5.15. The van der Waals surface area contributed by atoms with E-state index in [1.807, 2.05) is 25.7 Å². The van der Waals surface area contributed by atoms with Gasteiger partial charge in [-0.25, -0.2) is 4.79 Å². The Morgan fingerprint density at radius 1 is 1.13 bits per heavy atom. The monoisotopic (exact) mass is 324 g/mol. The van der Waals surface area contributed by atoms with E-state index in [1.165, 1.54) is 38.5 Å². The molecule has 0 bridgehead atoms. The second kappa shape index (κ2) is 8.36. The van der Waals surface area contributed by atoms with Crippen molar-refractivity contribution in [2.75, 3.05) is 19.6 Å². The van der Waals surface area contributed by atoms with Crippen molar-refractivity contribution in [1.29, 1.82) is 0 Å². The average Bonchev–Trinajstić information content (AvgIpc) is 2.70. The minimum Gasteiger partial charge on any atom is -0.444 e. The summed E-state index contributed by atoms with van der Waals surface area (Å²) in [4.78, 5) is 14.2. The van der Waals surface area contributed by atoms with Crippen molar-refractivity contribution in [3.05, 3.63) is 0 Å². The van der Waals surface area contributed by atoms with E-state index in [0.717, 1.165) is 37.9 Å². The van der Waals surface area contributed by atoms with E-state index < -0.39 is 5.60 Å². The largest absolute Gasteiger partial charge is 0.444 e. The lowest BCUT2D eigenvalue weighted by molar-refractivity contribution is 0.0243. The molecule has 0 spiro atoms. The predicted octanol–water partition coefficient (Wildman–Crippen LogP) is 4.19. The molecular formula is C19H36N2O2. The average molecular weight is 325 g/mol. The van der Waals surface area contributed by atoms with E-state index in [2.05, 4.69) is 12.2 Å². The Morgan fingerprint density at radius 2 is 1.83 bits per heavy atom. The van der Waals surface area contributed by atoms with E-state index in [9.17, 15) is 4.79 Å². The van der Waals surface area contributed by atoms with Crippen LogP contribution >= 0.6 is 0 Å². The fourth-order valence-corrected chi connectivity index (χ4v) is 3.67. The summed E-state index contributed by atoms with van der Waals surface area (Å²) < 4.78 is 5.55. The Bertz CT molecular complexity index is 370. The molecule has 23 heavy (non-hydrogen) atoms. The molecule has 0 aromatic heterocycles. The lowest BCUT2D eigenvalue weighted by Gasteiger charge is -2.30. The number of nitrogens with zero attached hydrogens (tertiary/aromatic N) is 1. The number of carbonyl (C=O) groups excluding carboxylic acids is 1. The first-order valence-electron chi connectivity index (χ1n) is 9.55. The third-order valence-electron chi connectivity index (χ3n) is 5.15. The van der Waals surface area contributed by atoms with Crippen LogP contribution in [0, 0.1) is 11.8 Å². The van der Waals surface area contributed by atoms with Crippen LogP contribution in [0.4, 0.5) is 4.79 Å². The summed E-state index contributed by atoms with van der Waals surface area (Å²) in [7, 11) is 0. The zero-order valence-electron chi connectivity index (χ0n) is 15.6. The highest BCUT2D eigenvalue weighted by atomic mass is 16.6. The van der Waals surface area contributed by atoms with Gasteiger partial charge in [-0.2, -0.15) is 0 Å². The van der Waals surface area contributed by atoms with Gasteiger partial charge in [0.25, 0.3) is 0 Å². The number of hydrogen-bond donors (Lipinski definition) is 1. The Labute approximate surface area is 142 Å². The standard InChI is InChI=1S/C19H36N2O2/c1-15-8-10-16(11-9-15)13-20-17-7-5-6-12-21(14-17)18(22)23-19(2,3)4/h15-17,20H,5-14H2,1-4H3. The number of amides is 1. The van der Waals surface area contributed by atoms with Crippen LogP contribution in [-0.4, -0.2) is 42.3 Å². The van der Waals surface area contributed by atoms with E-state index in [4.69, 9.17) is 4.74 Å². The number of nitrogens with one attached hydrogen (secondary N) is 1. The van der Waals surface area contributed by atoms with Gasteiger partial charge in [-0.05, 0) is 64.8 Å². The van der Waals surface area contributed by atoms with Gasteiger partial charge in [0.05, 0.1) is 0 Å². The van der Waals surface area contributed by atoms with E-state index in [1.54, 1.807) is 0 Å². The lowest BCUT2D eigenvalue weighted by Crippen LogP contribution is -2.45. The van der Waals surface area contributed by atoms with Crippen molar-refractivity contribution in [3.63, 3.8) is 0 Å². The number of hydrogen-bond acceptors (Lipinski definition) is 3. The summed E-state index contributed by atoms with van der Waals surface area (Å²) in [5, 5.41) is 3.74. The number of carbonyl (C=O) groups is 1. The summed E-state index contributed by atoms with van der Waals surface area (Å²) in [5.41, 5.74) is -0.412. The second-order valence-corrected chi connectivity index (χ2v) is 8.65. The topological polar surface area (TPSA) is 41.6 Å². The molecule has 2 fully saturated rings. The number of likely N-dealkylation sites (tertiary alicyclic amines) is 1. The highest BCUT2D eigenvalue weighted by Crippen LogP contribution is 2.28. The Kier molecular flexibility index (Phi) is 6.75. The zero-order valence-corrected chi connectivity index (χ0v) is 15.6. The minimum absolute atomic E-state index is 0.155. The Balaban J connectivity index is 1.78. The summed E-state index contributed by atoms with van der Waals surface area (Å²) in [6.45, 7) is 10.9. The van der Waals surface area contributed by atoms with Crippen LogP contribution in [0.5, 0.6) is 0 Å². The molecule has 0 aromatic carbocycles. The molecule has 1 unspecified atom stereocenters. The normalized spacial score (nSPS) is 29.9. The molecule has 1 heterocycles. The molecule has 1 saturated carbocycles. The molecule has 2 rings (SSSR count). The number of rotatable bonds is 3. The van der Waals surface area contributed by atoms with E-state index in [0.29, 0.717) is 6.04 Å². The van der Waals surface area contributed by atoms with Gasteiger partial charge in [-0.1, -0.05) is 26.2 Å². The summed E-state index contributed by atoms with van der Waals surface area (Å²) in [6, 6.07) is 0.421. The molecule has 1 amide bonds. The Morgan fingerprint density at radius 3 is 2.48 bits per heavy atom. The molecule has 1 aliphatic heterocycles. The highest BCUT2D eigenvalue weighted by molar-refractivity contribution is 5.68. The molecule has 4 nitrogen and oxygen atoms in total. The van der Waals surface area contributed by atoms with Crippen molar-refractivity contribution in [2.45, 2.75) is 84.3 Å². The van der Waals surface area contributed by atoms with Crippen molar-refractivity contribution in [1.82, 2.24) is 10.2 Å². The van der Waals surface area contributed by atoms with Gasteiger partial charge in [0.2, 0.25) is 0 Å². The van der Waals surface area contributed by atoms with E-state index >= 15 is 0 Å². The van der Waals surface area contributed by atoms with E-state index in [-0.39, 0.29) is 6.09 Å². The van der Waals surface area contributed by atoms with Gasteiger partial charge in [-0.3, -0.25) is 0 Å². The summed E-state index contributed by atoms with van der Waals surface area (Å²) >= 11 is 0. The fourth-order valence-electron chi connectivity index (χ4n) is 3.67. The second-order valence-electron chi connectivity index (χ2n) is 8.65. The molecule has 1 atom stereocenters. The van der Waals surface area contributed by atoms with Crippen molar-refractivity contribution in [3.8, 4) is 0 Å². The summed E-state index contributed by atoms with van der Waals surface area (Å²) in [6.07, 6.45) is 8.76. The van der Waals surface area contributed by atoms with Gasteiger partial charge in [0.1, 0.15) is 5.60 Å². The van der Waals surface area contributed by atoms with Gasteiger partial charge in [0, 0.05) is 19.1 Å². The van der Waals surface area contributed by atoms with Gasteiger partial charge in [0.15, 0.2) is 0 Å². The third kappa shape index (κ3) is 6.70. The predicted molar refractivity (Wildman–Crippen MR) is 94.6 cm³/mol. The molecule has 0 radical (unpaired) electrons. The maximum Gasteiger partial charge on any atom is 0.410 e. The molecular weight excluding hydrogens is 288 g/mol. The van der Waals surface area contributed by atoms with Gasteiger partial charge in [-0.15, -0.1) is 0 Å². The number of ether oxygens (including phenoxy) is 1. The van der Waals surface area contributed by atoms with Crippen LogP contribution in [-0.2, 0) is 4.74 Å². The molecule has 0 aromatic rings. The molecule has 4 heteroatoms. The first-order chi connectivity index (χ1) is 10.8. The highest BCUT2D eigenvalue weighted by Gasteiger charge is 2.27. The molecule has 1 saturated heterocycles. The van der Waals surface area contributed by atoms with Gasteiger partial charge >= 0.3 is 6.09 Å². The Hall–Kier alpha value is -0.770. The maximum atomic E-state index is 12.3. The van der Waals surface area contributed by atoms with Crippen molar-refractivity contribution < 1.29 is 9.53 Å². The molecule has 2 aliphatic rings. The van der Waals surface area contributed by atoms with Crippen LogP contribution in [0.3, 0.4) is 0 Å². The smallest absolute Gasteiger partial charge is 0.410 e. The SMILES string of the molecule is CC1CCC(CNC2CCCCN(C(=O)OC(C)(C)C)C2)CC1. The van der Waals surface area contributed by atoms with Gasteiger partial charge < -0.3 is 15.0 Å². The van der Waals surface area contributed by atoms with Crippen molar-refractivity contribution >= 4 is 6.09 Å². The van der Waals surface area contributed by atoms with Crippen LogP contribution in [0.15, 0.2) is 0 Å². The van der Waals surface area contributed by atoms with Crippen LogP contribution in [0.2, 0.25) is 0 Å². The molecule has 1 N–H and O–H groups in total. The zero-order chi connectivity index (χ0) is 16.9. The molecule has 1 aliphatic carbocycles. The van der Waals surface area contributed by atoms with Crippen molar-refractivity contribution in [2.24, 2.45) is 11.8 Å². The summed E-state index contributed by atoms with van der Waals surface area (Å²) in [5.74, 6) is 1.73. The quantitative estimate of drug-likeness (QED) is 0.846. The van der Waals surface area contributed by atoms with Crippen LogP contribution in [0.1, 0.15) is 72.6 Å². The van der Waals surface area contributed by atoms with Crippen LogP contribution in [0.25, 0.3) is 0 Å². The first kappa shape index (κ1) is 18.6. The fraction of sp³-hybridized carbons (Fsp3) is 0.947. The maximum absolute atomic E-state index is 12.3. The first-order valence-corrected chi connectivity index (χ1v) is 9.55. The van der Waals surface area contributed by atoms with Crippen LogP contribution < -0.4 is 5.32 Å².